The number of esters is 3. The molecule has 0 bridgehead atoms. The monoisotopic (exact) mass is 396 g/mol. The highest BCUT2D eigenvalue weighted by Crippen LogP contribution is 2.58. The van der Waals surface area contributed by atoms with Crippen molar-refractivity contribution >= 4 is 17.9 Å². The molecule has 3 fully saturated rings. The van der Waals surface area contributed by atoms with E-state index in [1.165, 1.54) is 12.5 Å². The zero-order chi connectivity index (χ0) is 20.2. The minimum absolute atomic E-state index is 0.308. The number of benzene rings is 1. The van der Waals surface area contributed by atoms with Crippen LogP contribution < -0.4 is 0 Å². The molecule has 7 nitrogen and oxygen atoms in total. The van der Waals surface area contributed by atoms with E-state index >= 15 is 0 Å². The van der Waals surface area contributed by atoms with E-state index < -0.39 is 41.6 Å². The Morgan fingerprint density at radius 2 is 1.93 bits per heavy atom. The Labute approximate surface area is 166 Å². The lowest BCUT2D eigenvalue weighted by molar-refractivity contribution is -0.188. The Kier molecular flexibility index (Phi) is 4.01. The molecule has 150 valence electrons. The predicted octanol–water partition coefficient (Wildman–Crippen LogP) is 3.06. The first-order valence-electron chi connectivity index (χ1n) is 9.67. The number of furan rings is 1. The summed E-state index contributed by atoms with van der Waals surface area (Å²) in [7, 11) is 0. The molecule has 0 radical (unpaired) electrons. The summed E-state index contributed by atoms with van der Waals surface area (Å²) in [6.07, 6.45) is 1.78. The molecule has 0 spiro atoms. The van der Waals surface area contributed by atoms with Crippen LogP contribution in [0.1, 0.15) is 41.8 Å². The highest BCUT2D eigenvalue weighted by molar-refractivity contribution is 5.89. The van der Waals surface area contributed by atoms with Crippen LogP contribution in [0.4, 0.5) is 0 Å². The second-order valence-corrected chi connectivity index (χ2v) is 8.17. The molecular formula is C22H20O7. The van der Waals surface area contributed by atoms with Crippen LogP contribution in [-0.4, -0.2) is 30.1 Å². The zero-order valence-electron chi connectivity index (χ0n) is 15.8. The first-order valence-corrected chi connectivity index (χ1v) is 9.67. The van der Waals surface area contributed by atoms with Crippen LogP contribution in [0.3, 0.4) is 0 Å². The Bertz CT molecular complexity index is 951. The van der Waals surface area contributed by atoms with E-state index in [1.807, 2.05) is 6.07 Å². The molecule has 0 amide bonds. The van der Waals surface area contributed by atoms with Crippen molar-refractivity contribution in [2.75, 3.05) is 0 Å². The molecule has 1 saturated carbocycles. The SMILES string of the molecule is CC12CC(OC(=O)c3ccccc3)CC3C(=O)OC(c4ccoc4)C(OC1=O)C32. The lowest BCUT2D eigenvalue weighted by atomic mass is 9.59. The number of rotatable bonds is 3. The van der Waals surface area contributed by atoms with E-state index in [1.54, 1.807) is 37.3 Å². The van der Waals surface area contributed by atoms with Gasteiger partial charge in [0.05, 0.1) is 29.4 Å². The van der Waals surface area contributed by atoms with Gasteiger partial charge in [-0.2, -0.15) is 0 Å². The zero-order valence-corrected chi connectivity index (χ0v) is 15.8. The van der Waals surface area contributed by atoms with E-state index in [2.05, 4.69) is 0 Å². The summed E-state index contributed by atoms with van der Waals surface area (Å²) in [5.41, 5.74) is 0.172. The number of carbonyl (C=O) groups is 3. The highest BCUT2D eigenvalue weighted by Gasteiger charge is 2.67. The van der Waals surface area contributed by atoms with Crippen molar-refractivity contribution in [2.24, 2.45) is 17.3 Å². The van der Waals surface area contributed by atoms with Gasteiger partial charge in [-0.3, -0.25) is 9.59 Å². The number of ether oxygens (including phenoxy) is 3. The molecule has 29 heavy (non-hydrogen) atoms. The minimum Gasteiger partial charge on any atom is -0.472 e. The molecule has 2 aromatic rings. The Morgan fingerprint density at radius 3 is 2.66 bits per heavy atom. The largest absolute Gasteiger partial charge is 0.472 e. The number of carbonyl (C=O) groups excluding carboxylic acids is 3. The van der Waals surface area contributed by atoms with Crippen molar-refractivity contribution < 1.29 is 33.0 Å². The molecule has 1 aromatic carbocycles. The molecule has 6 atom stereocenters. The fraction of sp³-hybridized carbons (Fsp3) is 0.409. The molecule has 1 aliphatic carbocycles. The normalized spacial score (nSPS) is 35.4. The molecule has 5 rings (SSSR count). The van der Waals surface area contributed by atoms with Gasteiger partial charge in [-0.1, -0.05) is 18.2 Å². The summed E-state index contributed by atoms with van der Waals surface area (Å²) in [5, 5.41) is 0. The molecule has 0 N–H and O–H groups in total. The van der Waals surface area contributed by atoms with E-state index in [4.69, 9.17) is 18.6 Å². The quantitative estimate of drug-likeness (QED) is 0.581. The molecule has 3 aliphatic rings. The Morgan fingerprint density at radius 1 is 1.14 bits per heavy atom. The first-order chi connectivity index (χ1) is 14.0. The van der Waals surface area contributed by atoms with Crippen LogP contribution in [0.25, 0.3) is 0 Å². The van der Waals surface area contributed by atoms with Crippen molar-refractivity contribution in [3.05, 3.63) is 60.1 Å². The van der Waals surface area contributed by atoms with Gasteiger partial charge in [0, 0.05) is 17.9 Å². The molecule has 2 aliphatic heterocycles. The predicted molar refractivity (Wildman–Crippen MR) is 97.4 cm³/mol. The Hall–Kier alpha value is -3.09. The molecule has 1 aromatic heterocycles. The van der Waals surface area contributed by atoms with Gasteiger partial charge in [-0.25, -0.2) is 4.79 Å². The molecular weight excluding hydrogens is 376 g/mol. The second-order valence-electron chi connectivity index (χ2n) is 8.17. The third kappa shape index (κ3) is 2.75. The summed E-state index contributed by atoms with van der Waals surface area (Å²) >= 11 is 0. The standard InChI is InChI=1S/C22H20O7/c1-22-10-14(27-19(23)12-5-3-2-4-6-12)9-15-16(22)18(29-21(22)25)17(28-20(15)24)13-7-8-26-11-13/h2-8,11,14-18H,9-10H2,1H3. The minimum atomic E-state index is -0.920. The second kappa shape index (κ2) is 6.47. The Balaban J connectivity index is 1.42. The van der Waals surface area contributed by atoms with Crippen molar-refractivity contribution in [1.82, 2.24) is 0 Å². The maximum Gasteiger partial charge on any atom is 0.338 e. The summed E-state index contributed by atoms with van der Waals surface area (Å²) in [4.78, 5) is 38.2. The van der Waals surface area contributed by atoms with Gasteiger partial charge in [-0.15, -0.1) is 0 Å². The van der Waals surface area contributed by atoms with Crippen LogP contribution in [0.5, 0.6) is 0 Å². The van der Waals surface area contributed by atoms with Gasteiger partial charge in [-0.05, 0) is 31.5 Å². The fourth-order valence-electron chi connectivity index (χ4n) is 5.06. The summed E-state index contributed by atoms with van der Waals surface area (Å²) in [6, 6.07) is 10.4. The number of hydrogen-bond donors (Lipinski definition) is 0. The van der Waals surface area contributed by atoms with Crippen molar-refractivity contribution in [1.29, 1.82) is 0 Å². The van der Waals surface area contributed by atoms with Gasteiger partial charge in [0.2, 0.25) is 0 Å². The van der Waals surface area contributed by atoms with E-state index in [0.29, 0.717) is 24.0 Å². The number of hydrogen-bond acceptors (Lipinski definition) is 7. The van der Waals surface area contributed by atoms with Gasteiger partial charge in [0.25, 0.3) is 0 Å². The van der Waals surface area contributed by atoms with E-state index in [-0.39, 0.29) is 11.9 Å². The van der Waals surface area contributed by atoms with Crippen LogP contribution >= 0.6 is 0 Å². The van der Waals surface area contributed by atoms with Crippen LogP contribution in [0.15, 0.2) is 53.3 Å². The lowest BCUT2D eigenvalue weighted by Gasteiger charge is -2.45. The van der Waals surface area contributed by atoms with Crippen LogP contribution in [0.2, 0.25) is 0 Å². The third-order valence-electron chi connectivity index (χ3n) is 6.40. The fourth-order valence-corrected chi connectivity index (χ4v) is 5.06. The maximum absolute atomic E-state index is 12.8. The lowest BCUT2D eigenvalue weighted by Crippen LogP contribution is -2.53. The van der Waals surface area contributed by atoms with Gasteiger partial charge in [0.1, 0.15) is 12.2 Å². The molecule has 7 heteroatoms. The van der Waals surface area contributed by atoms with E-state index in [9.17, 15) is 14.4 Å². The molecule has 6 unspecified atom stereocenters. The van der Waals surface area contributed by atoms with Crippen LogP contribution in [0, 0.1) is 17.3 Å². The van der Waals surface area contributed by atoms with E-state index in [0.717, 1.165) is 0 Å². The highest BCUT2D eigenvalue weighted by atomic mass is 16.6. The van der Waals surface area contributed by atoms with Gasteiger partial charge in [0.15, 0.2) is 6.10 Å². The molecule has 3 heterocycles. The summed E-state index contributed by atoms with van der Waals surface area (Å²) in [5.74, 6) is -2.15. The average Bonchev–Trinajstić information content (AvgIpc) is 3.33. The topological polar surface area (TPSA) is 92.0 Å². The number of cyclic esters (lactones) is 1. The third-order valence-corrected chi connectivity index (χ3v) is 6.40. The summed E-state index contributed by atoms with van der Waals surface area (Å²) in [6.45, 7) is 1.79. The first kappa shape index (κ1) is 18.0. The van der Waals surface area contributed by atoms with Crippen molar-refractivity contribution in [2.45, 2.75) is 38.1 Å². The van der Waals surface area contributed by atoms with Crippen molar-refractivity contribution in [3.8, 4) is 0 Å². The van der Waals surface area contributed by atoms with Gasteiger partial charge >= 0.3 is 17.9 Å². The molecule has 2 saturated heterocycles. The maximum atomic E-state index is 12.8. The smallest absolute Gasteiger partial charge is 0.338 e. The van der Waals surface area contributed by atoms with Crippen LogP contribution in [-0.2, 0) is 23.8 Å². The van der Waals surface area contributed by atoms with Crippen molar-refractivity contribution in [3.63, 3.8) is 0 Å². The average molecular weight is 396 g/mol. The van der Waals surface area contributed by atoms with Gasteiger partial charge < -0.3 is 18.6 Å². The summed E-state index contributed by atoms with van der Waals surface area (Å²) < 4.78 is 22.1.